The minimum Gasteiger partial charge on any atom is -0.486 e. The highest BCUT2D eigenvalue weighted by Crippen LogP contribution is 2.36. The zero-order chi connectivity index (χ0) is 14.0. The molecule has 0 aromatic carbocycles. The molecule has 2 unspecified atom stereocenters. The average Bonchev–Trinajstić information content (AvgIpc) is 2.68. The summed E-state index contributed by atoms with van der Waals surface area (Å²) in [5.74, 6) is -0.490. The Hall–Kier alpha value is -0.590. The van der Waals surface area contributed by atoms with Crippen LogP contribution >= 0.6 is 27.3 Å². The van der Waals surface area contributed by atoms with Crippen molar-refractivity contribution in [1.29, 1.82) is 0 Å². The van der Waals surface area contributed by atoms with Gasteiger partial charge in [0, 0.05) is 24.5 Å². The largest absolute Gasteiger partial charge is 0.486 e. The summed E-state index contributed by atoms with van der Waals surface area (Å²) < 4.78 is 6.22. The second-order valence-corrected chi connectivity index (χ2v) is 7.08. The van der Waals surface area contributed by atoms with Gasteiger partial charge in [-0.1, -0.05) is 6.92 Å². The standard InChI is InChI=1S/C13H18BrNO3S/c1-8-3-9(12(16)17)6-15(5-8)7-10-4-11(14)13(18-2)19-10/h4,8-9H,3,5-7H2,1-2H3,(H,16,17). The first kappa shape index (κ1) is 14.8. The molecule has 6 heteroatoms. The highest BCUT2D eigenvalue weighted by Gasteiger charge is 2.29. The number of hydrogen-bond acceptors (Lipinski definition) is 4. The van der Waals surface area contributed by atoms with Crippen molar-refractivity contribution in [3.63, 3.8) is 0 Å². The van der Waals surface area contributed by atoms with Gasteiger partial charge in [0.2, 0.25) is 0 Å². The molecule has 2 rings (SSSR count). The van der Waals surface area contributed by atoms with Gasteiger partial charge in [0.15, 0.2) is 5.06 Å². The number of hydrogen-bond donors (Lipinski definition) is 1. The van der Waals surface area contributed by atoms with E-state index in [1.165, 1.54) is 4.88 Å². The first-order chi connectivity index (χ1) is 8.99. The molecule has 1 aliphatic rings. The van der Waals surface area contributed by atoms with Gasteiger partial charge >= 0.3 is 5.97 Å². The van der Waals surface area contributed by atoms with Gasteiger partial charge in [0.1, 0.15) is 0 Å². The Morgan fingerprint density at radius 3 is 2.95 bits per heavy atom. The summed E-state index contributed by atoms with van der Waals surface area (Å²) in [4.78, 5) is 14.6. The van der Waals surface area contributed by atoms with E-state index >= 15 is 0 Å². The van der Waals surface area contributed by atoms with Crippen LogP contribution in [0.4, 0.5) is 0 Å². The molecule has 0 saturated carbocycles. The van der Waals surface area contributed by atoms with Crippen molar-refractivity contribution in [2.45, 2.75) is 19.9 Å². The Balaban J connectivity index is 2.03. The molecule has 0 bridgehead atoms. The number of halogens is 1. The Kier molecular flexibility index (Phi) is 4.86. The Bertz CT molecular complexity index is 463. The van der Waals surface area contributed by atoms with Crippen molar-refractivity contribution in [3.8, 4) is 5.06 Å². The molecule has 0 spiro atoms. The number of aliphatic carboxylic acids is 1. The lowest BCUT2D eigenvalue weighted by Gasteiger charge is -2.34. The van der Waals surface area contributed by atoms with Gasteiger partial charge in [-0.15, -0.1) is 11.3 Å². The van der Waals surface area contributed by atoms with Crippen LogP contribution < -0.4 is 4.74 Å². The molecule has 1 N–H and O–H groups in total. The molecule has 1 fully saturated rings. The zero-order valence-electron chi connectivity index (χ0n) is 11.1. The molecule has 2 atom stereocenters. The number of ether oxygens (including phenoxy) is 1. The number of rotatable bonds is 4. The molecule has 0 aliphatic carbocycles. The smallest absolute Gasteiger partial charge is 0.307 e. The van der Waals surface area contributed by atoms with E-state index in [4.69, 9.17) is 4.74 Å². The lowest BCUT2D eigenvalue weighted by molar-refractivity contribution is -0.144. The quantitative estimate of drug-likeness (QED) is 0.909. The number of carboxylic acid groups (broad SMARTS) is 1. The molecular formula is C13H18BrNO3S. The number of thiophene rings is 1. The molecule has 4 nitrogen and oxygen atoms in total. The summed E-state index contributed by atoms with van der Waals surface area (Å²) in [6.45, 7) is 4.51. The van der Waals surface area contributed by atoms with Crippen LogP contribution in [0.25, 0.3) is 0 Å². The van der Waals surface area contributed by atoms with Gasteiger partial charge in [-0.2, -0.15) is 0 Å². The van der Waals surface area contributed by atoms with Gasteiger partial charge in [0.05, 0.1) is 17.5 Å². The fourth-order valence-electron chi connectivity index (χ4n) is 2.60. The lowest BCUT2D eigenvalue weighted by atomic mass is 9.90. The lowest BCUT2D eigenvalue weighted by Crippen LogP contribution is -2.41. The third-order valence-corrected chi connectivity index (χ3v) is 5.29. The van der Waals surface area contributed by atoms with Crippen LogP contribution in [0.1, 0.15) is 18.2 Å². The molecule has 1 aromatic rings. The predicted octanol–water partition coefficient (Wildman–Crippen LogP) is 3.06. The molecule has 1 aromatic heterocycles. The Morgan fingerprint density at radius 2 is 2.37 bits per heavy atom. The van der Waals surface area contributed by atoms with E-state index in [-0.39, 0.29) is 5.92 Å². The fourth-order valence-corrected chi connectivity index (χ4v) is 4.34. The second kappa shape index (κ2) is 6.24. The molecule has 1 aliphatic heterocycles. The third kappa shape index (κ3) is 3.70. The summed E-state index contributed by atoms with van der Waals surface area (Å²) in [5, 5.41) is 10.0. The van der Waals surface area contributed by atoms with Crippen LogP contribution in [0.5, 0.6) is 5.06 Å². The number of carbonyl (C=O) groups is 1. The topological polar surface area (TPSA) is 49.8 Å². The number of piperidine rings is 1. The first-order valence-electron chi connectivity index (χ1n) is 6.27. The van der Waals surface area contributed by atoms with Crippen molar-refractivity contribution in [2.24, 2.45) is 11.8 Å². The van der Waals surface area contributed by atoms with E-state index in [0.717, 1.165) is 29.0 Å². The first-order valence-corrected chi connectivity index (χ1v) is 7.88. The molecule has 2 heterocycles. The van der Waals surface area contributed by atoms with Crippen LogP contribution in [0, 0.1) is 11.8 Å². The summed E-state index contributed by atoms with van der Waals surface area (Å²) in [5.41, 5.74) is 0. The minimum atomic E-state index is -0.679. The Morgan fingerprint density at radius 1 is 1.63 bits per heavy atom. The van der Waals surface area contributed by atoms with Gasteiger partial charge in [-0.25, -0.2) is 0 Å². The summed E-state index contributed by atoms with van der Waals surface area (Å²) in [6.07, 6.45) is 0.781. The number of carboxylic acids is 1. The maximum atomic E-state index is 11.2. The van der Waals surface area contributed by atoms with Crippen LogP contribution in [0.3, 0.4) is 0 Å². The molecule has 0 amide bonds. The van der Waals surface area contributed by atoms with Crippen molar-refractivity contribution in [3.05, 3.63) is 15.4 Å². The van der Waals surface area contributed by atoms with E-state index in [2.05, 4.69) is 33.8 Å². The van der Waals surface area contributed by atoms with E-state index in [0.29, 0.717) is 12.5 Å². The van der Waals surface area contributed by atoms with E-state index < -0.39 is 5.97 Å². The van der Waals surface area contributed by atoms with Gasteiger partial charge in [-0.05, 0) is 34.3 Å². The van der Waals surface area contributed by atoms with Crippen molar-refractivity contribution < 1.29 is 14.6 Å². The summed E-state index contributed by atoms with van der Waals surface area (Å²) >= 11 is 5.07. The minimum absolute atomic E-state index is 0.242. The fraction of sp³-hybridized carbons (Fsp3) is 0.615. The Labute approximate surface area is 125 Å². The highest BCUT2D eigenvalue weighted by atomic mass is 79.9. The van der Waals surface area contributed by atoms with Gasteiger partial charge in [0.25, 0.3) is 0 Å². The number of likely N-dealkylation sites (tertiary alicyclic amines) is 1. The number of methoxy groups -OCH3 is 1. The maximum Gasteiger partial charge on any atom is 0.307 e. The van der Waals surface area contributed by atoms with Gasteiger partial charge < -0.3 is 9.84 Å². The van der Waals surface area contributed by atoms with Crippen molar-refractivity contribution in [2.75, 3.05) is 20.2 Å². The normalized spacial score (nSPS) is 24.4. The van der Waals surface area contributed by atoms with Gasteiger partial charge in [-0.3, -0.25) is 9.69 Å². The van der Waals surface area contributed by atoms with E-state index in [1.807, 2.05) is 0 Å². The highest BCUT2D eigenvalue weighted by molar-refractivity contribution is 9.10. The summed E-state index contributed by atoms with van der Waals surface area (Å²) in [6, 6.07) is 2.05. The molecule has 106 valence electrons. The third-order valence-electron chi connectivity index (χ3n) is 3.36. The molecule has 1 saturated heterocycles. The van der Waals surface area contributed by atoms with Crippen LogP contribution in [-0.4, -0.2) is 36.2 Å². The maximum absolute atomic E-state index is 11.2. The van der Waals surface area contributed by atoms with Crippen molar-refractivity contribution >= 4 is 33.2 Å². The molecule has 19 heavy (non-hydrogen) atoms. The zero-order valence-corrected chi connectivity index (χ0v) is 13.5. The summed E-state index contributed by atoms with van der Waals surface area (Å²) in [7, 11) is 1.66. The van der Waals surface area contributed by atoms with E-state index in [9.17, 15) is 9.90 Å². The monoisotopic (exact) mass is 347 g/mol. The van der Waals surface area contributed by atoms with Crippen LogP contribution in [0.2, 0.25) is 0 Å². The molecule has 0 radical (unpaired) electrons. The SMILES string of the molecule is COc1sc(CN2CC(C)CC(C(=O)O)C2)cc1Br. The van der Waals surface area contributed by atoms with Crippen LogP contribution in [-0.2, 0) is 11.3 Å². The molecular weight excluding hydrogens is 330 g/mol. The van der Waals surface area contributed by atoms with Crippen LogP contribution in [0.15, 0.2) is 10.5 Å². The average molecular weight is 348 g/mol. The predicted molar refractivity (Wildman–Crippen MR) is 78.8 cm³/mol. The van der Waals surface area contributed by atoms with Crippen molar-refractivity contribution in [1.82, 2.24) is 4.90 Å². The van der Waals surface area contributed by atoms with E-state index in [1.54, 1.807) is 18.4 Å². The second-order valence-electron chi connectivity index (χ2n) is 5.12. The number of nitrogens with zero attached hydrogens (tertiary/aromatic N) is 1.